The highest BCUT2D eigenvalue weighted by Crippen LogP contribution is 2.21. The van der Waals surface area contributed by atoms with Gasteiger partial charge < -0.3 is 10.0 Å². The quantitative estimate of drug-likeness (QED) is 0.849. The number of aliphatic hydroxyl groups excluding tert-OH is 1. The van der Waals surface area contributed by atoms with Gasteiger partial charge >= 0.3 is 0 Å². The number of β-amino-alcohol motifs (C(OH)–C–C–N with tert-alkyl or cyclic N) is 1. The minimum absolute atomic E-state index is 0.0496. The Balaban J connectivity index is 1.51. The van der Waals surface area contributed by atoms with Crippen molar-refractivity contribution in [3.8, 4) is 0 Å². The molecule has 0 aromatic carbocycles. The second-order valence-electron chi connectivity index (χ2n) is 6.40. The molecule has 124 valence electrons. The van der Waals surface area contributed by atoms with Gasteiger partial charge in [0.1, 0.15) is 0 Å². The standard InChI is InChI=1S/C16H23N5O2/c1-11-7-17-21(8-11)4-3-16(23)20-9-13(15(22)10-20)6-14-5-12(2)18-19-14/h5,7-8,13,15,22H,3-4,6,9-10H2,1-2H3,(H,18,19)/t13-,15-/m1/s1. The molecule has 23 heavy (non-hydrogen) atoms. The number of likely N-dealkylation sites (tertiary alicyclic amines) is 1. The molecule has 7 heteroatoms. The van der Waals surface area contributed by atoms with Crippen molar-refractivity contribution in [2.45, 2.75) is 39.3 Å². The largest absolute Gasteiger partial charge is 0.391 e. The summed E-state index contributed by atoms with van der Waals surface area (Å²) in [4.78, 5) is 14.1. The number of nitrogens with zero attached hydrogens (tertiary/aromatic N) is 4. The maximum Gasteiger partial charge on any atom is 0.224 e. The minimum Gasteiger partial charge on any atom is -0.391 e. The Morgan fingerprint density at radius 1 is 1.43 bits per heavy atom. The van der Waals surface area contributed by atoms with E-state index in [1.165, 1.54) is 0 Å². The van der Waals surface area contributed by atoms with E-state index >= 15 is 0 Å². The normalized spacial score (nSPS) is 21.1. The lowest BCUT2D eigenvalue weighted by atomic mass is 10.0. The highest BCUT2D eigenvalue weighted by Gasteiger charge is 2.34. The summed E-state index contributed by atoms with van der Waals surface area (Å²) < 4.78 is 1.78. The summed E-state index contributed by atoms with van der Waals surface area (Å²) in [6, 6.07) is 1.98. The number of rotatable bonds is 5. The van der Waals surface area contributed by atoms with Gasteiger partial charge in [0.2, 0.25) is 5.91 Å². The molecular weight excluding hydrogens is 294 g/mol. The Bertz CT molecular complexity index is 678. The van der Waals surface area contributed by atoms with E-state index in [2.05, 4.69) is 15.3 Å². The number of amides is 1. The number of hydrogen-bond donors (Lipinski definition) is 2. The van der Waals surface area contributed by atoms with Crippen molar-refractivity contribution in [3.05, 3.63) is 35.4 Å². The summed E-state index contributed by atoms with van der Waals surface area (Å²) in [7, 11) is 0. The van der Waals surface area contributed by atoms with E-state index in [-0.39, 0.29) is 11.8 Å². The van der Waals surface area contributed by atoms with Crippen molar-refractivity contribution in [1.29, 1.82) is 0 Å². The Morgan fingerprint density at radius 3 is 2.91 bits per heavy atom. The van der Waals surface area contributed by atoms with Crippen LogP contribution in [-0.4, -0.2) is 55.1 Å². The van der Waals surface area contributed by atoms with Crippen molar-refractivity contribution in [2.24, 2.45) is 5.92 Å². The third kappa shape index (κ3) is 3.79. The number of aromatic nitrogens is 4. The monoisotopic (exact) mass is 317 g/mol. The number of aliphatic hydroxyl groups is 1. The smallest absolute Gasteiger partial charge is 0.224 e. The third-order valence-corrected chi connectivity index (χ3v) is 4.31. The fourth-order valence-electron chi connectivity index (χ4n) is 3.06. The van der Waals surface area contributed by atoms with Gasteiger partial charge in [0.25, 0.3) is 0 Å². The molecule has 2 atom stereocenters. The summed E-state index contributed by atoms with van der Waals surface area (Å²) in [5.74, 6) is 0.117. The summed E-state index contributed by atoms with van der Waals surface area (Å²) in [6.07, 6.45) is 4.32. The Labute approximate surface area is 135 Å². The van der Waals surface area contributed by atoms with Crippen LogP contribution in [0.4, 0.5) is 0 Å². The van der Waals surface area contributed by atoms with E-state index in [4.69, 9.17) is 0 Å². The lowest BCUT2D eigenvalue weighted by molar-refractivity contribution is -0.130. The zero-order valence-electron chi connectivity index (χ0n) is 13.6. The van der Waals surface area contributed by atoms with Crippen LogP contribution in [0.25, 0.3) is 0 Å². The average Bonchev–Trinajstić information content (AvgIpc) is 3.20. The van der Waals surface area contributed by atoms with Gasteiger partial charge in [0, 0.05) is 43.9 Å². The maximum absolute atomic E-state index is 12.3. The van der Waals surface area contributed by atoms with Crippen LogP contribution >= 0.6 is 0 Å². The first-order valence-electron chi connectivity index (χ1n) is 7.97. The molecule has 3 heterocycles. The van der Waals surface area contributed by atoms with Gasteiger partial charge in [-0.3, -0.25) is 14.6 Å². The molecule has 0 aliphatic carbocycles. The molecule has 7 nitrogen and oxygen atoms in total. The summed E-state index contributed by atoms with van der Waals surface area (Å²) in [5.41, 5.74) is 3.03. The Kier molecular flexibility index (Phi) is 4.47. The van der Waals surface area contributed by atoms with Crippen LogP contribution in [-0.2, 0) is 17.8 Å². The molecule has 2 N–H and O–H groups in total. The van der Waals surface area contributed by atoms with E-state index in [9.17, 15) is 9.90 Å². The molecule has 0 unspecified atom stereocenters. The molecule has 3 rings (SSSR count). The number of H-pyrrole nitrogens is 1. The van der Waals surface area contributed by atoms with Crippen LogP contribution in [0.1, 0.15) is 23.4 Å². The Morgan fingerprint density at radius 2 is 2.26 bits per heavy atom. The van der Waals surface area contributed by atoms with Crippen molar-refractivity contribution in [2.75, 3.05) is 13.1 Å². The SMILES string of the molecule is Cc1cnn(CCC(=O)N2C[C@@H](Cc3cc(C)[nH]n3)[C@H](O)C2)c1. The molecule has 1 aliphatic rings. The molecule has 0 radical (unpaired) electrons. The maximum atomic E-state index is 12.3. The summed E-state index contributed by atoms with van der Waals surface area (Å²) in [5, 5.41) is 21.5. The number of nitrogens with one attached hydrogen (secondary N) is 1. The van der Waals surface area contributed by atoms with Gasteiger partial charge in [-0.1, -0.05) is 0 Å². The fourth-order valence-corrected chi connectivity index (χ4v) is 3.06. The number of aryl methyl sites for hydroxylation is 3. The van der Waals surface area contributed by atoms with Gasteiger partial charge in [0.05, 0.1) is 18.0 Å². The molecule has 1 fully saturated rings. The number of hydrogen-bond acceptors (Lipinski definition) is 4. The predicted octanol–water partition coefficient (Wildman–Crippen LogP) is 0.675. The first-order chi connectivity index (χ1) is 11.0. The molecule has 0 saturated carbocycles. The topological polar surface area (TPSA) is 87.0 Å². The first kappa shape index (κ1) is 15.7. The van der Waals surface area contributed by atoms with Crippen molar-refractivity contribution >= 4 is 5.91 Å². The van der Waals surface area contributed by atoms with Gasteiger partial charge in [0.15, 0.2) is 0 Å². The minimum atomic E-state index is -0.483. The van der Waals surface area contributed by atoms with Gasteiger partial charge in [-0.2, -0.15) is 10.2 Å². The van der Waals surface area contributed by atoms with Gasteiger partial charge in [-0.15, -0.1) is 0 Å². The van der Waals surface area contributed by atoms with E-state index < -0.39 is 6.10 Å². The van der Waals surface area contributed by atoms with Crippen molar-refractivity contribution in [3.63, 3.8) is 0 Å². The Hall–Kier alpha value is -2.15. The molecule has 2 aromatic rings. The second kappa shape index (κ2) is 6.54. The van der Waals surface area contributed by atoms with Crippen molar-refractivity contribution < 1.29 is 9.90 Å². The third-order valence-electron chi connectivity index (χ3n) is 4.31. The summed E-state index contributed by atoms with van der Waals surface area (Å²) in [6.45, 7) is 5.50. The molecule has 2 aromatic heterocycles. The highest BCUT2D eigenvalue weighted by atomic mass is 16.3. The zero-order chi connectivity index (χ0) is 16.4. The average molecular weight is 317 g/mol. The van der Waals surface area contributed by atoms with Gasteiger partial charge in [-0.25, -0.2) is 0 Å². The molecule has 1 saturated heterocycles. The van der Waals surface area contributed by atoms with E-state index in [1.807, 2.05) is 26.1 Å². The van der Waals surface area contributed by atoms with E-state index in [0.29, 0.717) is 32.5 Å². The van der Waals surface area contributed by atoms with Crippen LogP contribution in [0.5, 0.6) is 0 Å². The van der Waals surface area contributed by atoms with Gasteiger partial charge in [-0.05, 0) is 31.9 Å². The fraction of sp³-hybridized carbons (Fsp3) is 0.562. The van der Waals surface area contributed by atoms with Crippen LogP contribution in [0.15, 0.2) is 18.5 Å². The number of aromatic amines is 1. The van der Waals surface area contributed by atoms with Crippen LogP contribution in [0.3, 0.4) is 0 Å². The van der Waals surface area contributed by atoms with Crippen LogP contribution in [0, 0.1) is 19.8 Å². The number of carbonyl (C=O) groups is 1. The van der Waals surface area contributed by atoms with Crippen LogP contribution in [0.2, 0.25) is 0 Å². The molecular formula is C16H23N5O2. The zero-order valence-corrected chi connectivity index (χ0v) is 13.6. The lowest BCUT2D eigenvalue weighted by Gasteiger charge is -2.15. The highest BCUT2D eigenvalue weighted by molar-refractivity contribution is 5.76. The number of carbonyl (C=O) groups excluding carboxylic acids is 1. The van der Waals surface area contributed by atoms with Crippen molar-refractivity contribution in [1.82, 2.24) is 24.9 Å². The molecule has 0 bridgehead atoms. The first-order valence-corrected chi connectivity index (χ1v) is 7.97. The second-order valence-corrected chi connectivity index (χ2v) is 6.40. The molecule has 0 spiro atoms. The lowest BCUT2D eigenvalue weighted by Crippen LogP contribution is -2.30. The predicted molar refractivity (Wildman–Crippen MR) is 84.7 cm³/mol. The molecule has 1 amide bonds. The summed E-state index contributed by atoms with van der Waals surface area (Å²) >= 11 is 0. The van der Waals surface area contributed by atoms with E-state index in [0.717, 1.165) is 17.0 Å². The van der Waals surface area contributed by atoms with E-state index in [1.54, 1.807) is 15.8 Å². The molecule has 1 aliphatic heterocycles. The van der Waals surface area contributed by atoms with Crippen LogP contribution < -0.4 is 0 Å².